The van der Waals surface area contributed by atoms with Crippen molar-refractivity contribution in [1.82, 2.24) is 9.80 Å². The molecule has 0 aromatic heterocycles. The molecule has 0 unspecified atom stereocenters. The average Bonchev–Trinajstić information content (AvgIpc) is 2.39. The molecule has 2 aliphatic rings. The van der Waals surface area contributed by atoms with Gasteiger partial charge in [-0.15, -0.1) is 0 Å². The van der Waals surface area contributed by atoms with Crippen molar-refractivity contribution >= 4 is 11.8 Å². The van der Waals surface area contributed by atoms with E-state index in [1.807, 2.05) is 0 Å². The molecule has 0 spiro atoms. The highest BCUT2D eigenvalue weighted by Crippen LogP contribution is 2.12. The maximum atomic E-state index is 12.1. The summed E-state index contributed by atoms with van der Waals surface area (Å²) in [5.74, 6) is 0.198. The number of rotatable bonds is 2. The fraction of sp³-hybridized carbons (Fsp3) is 0.846. The van der Waals surface area contributed by atoms with Crippen molar-refractivity contribution < 1.29 is 14.3 Å². The summed E-state index contributed by atoms with van der Waals surface area (Å²) in [7, 11) is 0. The molecule has 2 amide bonds. The highest BCUT2D eigenvalue weighted by molar-refractivity contribution is 5.84. The number of morpholine rings is 1. The van der Waals surface area contributed by atoms with Crippen LogP contribution < -0.4 is 0 Å². The lowest BCUT2D eigenvalue weighted by Gasteiger charge is -2.30. The van der Waals surface area contributed by atoms with Gasteiger partial charge in [0.15, 0.2) is 0 Å². The number of nitrogens with zero attached hydrogens (tertiary/aromatic N) is 2. The third kappa shape index (κ3) is 3.70. The van der Waals surface area contributed by atoms with E-state index in [4.69, 9.17) is 4.74 Å². The zero-order chi connectivity index (χ0) is 12.8. The van der Waals surface area contributed by atoms with Crippen LogP contribution in [-0.2, 0) is 14.3 Å². The largest absolute Gasteiger partial charge is 0.378 e. The number of likely N-dealkylation sites (tertiary alicyclic amines) is 1. The minimum Gasteiger partial charge on any atom is -0.378 e. The Balaban J connectivity index is 1.85. The SMILES string of the molecule is O=C(CN1CCCCCCC1=O)N1CCOCC1. The molecule has 2 aliphatic heterocycles. The topological polar surface area (TPSA) is 49.9 Å². The molecule has 0 saturated carbocycles. The van der Waals surface area contributed by atoms with Gasteiger partial charge in [0.1, 0.15) is 0 Å². The first-order valence-corrected chi connectivity index (χ1v) is 6.90. The summed E-state index contributed by atoms with van der Waals surface area (Å²) < 4.78 is 5.22. The Hall–Kier alpha value is -1.10. The molecule has 18 heavy (non-hydrogen) atoms. The van der Waals surface area contributed by atoms with Gasteiger partial charge < -0.3 is 14.5 Å². The van der Waals surface area contributed by atoms with E-state index < -0.39 is 0 Å². The minimum absolute atomic E-state index is 0.0622. The van der Waals surface area contributed by atoms with E-state index in [0.29, 0.717) is 32.7 Å². The van der Waals surface area contributed by atoms with Crippen molar-refractivity contribution in [1.29, 1.82) is 0 Å². The lowest BCUT2D eigenvalue weighted by Crippen LogP contribution is -2.47. The molecule has 102 valence electrons. The van der Waals surface area contributed by atoms with Gasteiger partial charge in [0.2, 0.25) is 11.8 Å². The second kappa shape index (κ2) is 6.73. The molecule has 2 fully saturated rings. The van der Waals surface area contributed by atoms with E-state index in [1.165, 1.54) is 0 Å². The number of hydrogen-bond donors (Lipinski definition) is 0. The van der Waals surface area contributed by atoms with Gasteiger partial charge in [-0.2, -0.15) is 0 Å². The Morgan fingerprint density at radius 2 is 1.78 bits per heavy atom. The van der Waals surface area contributed by atoms with Gasteiger partial charge in [0.05, 0.1) is 19.8 Å². The molecule has 2 rings (SSSR count). The highest BCUT2D eigenvalue weighted by atomic mass is 16.5. The van der Waals surface area contributed by atoms with Gasteiger partial charge in [-0.25, -0.2) is 0 Å². The van der Waals surface area contributed by atoms with Crippen LogP contribution in [-0.4, -0.2) is 61.0 Å². The number of amides is 2. The molecule has 5 heteroatoms. The van der Waals surface area contributed by atoms with E-state index in [9.17, 15) is 9.59 Å². The molecule has 2 saturated heterocycles. The van der Waals surface area contributed by atoms with Gasteiger partial charge in [-0.1, -0.05) is 12.8 Å². The second-order valence-corrected chi connectivity index (χ2v) is 4.97. The Bertz CT molecular complexity index is 301. The van der Waals surface area contributed by atoms with Crippen LogP contribution in [0.25, 0.3) is 0 Å². The normalized spacial score (nSPS) is 22.6. The van der Waals surface area contributed by atoms with Crippen LogP contribution in [0.4, 0.5) is 0 Å². The number of ether oxygens (including phenoxy) is 1. The first kappa shape index (κ1) is 13.3. The van der Waals surface area contributed by atoms with E-state index in [1.54, 1.807) is 9.80 Å². The summed E-state index contributed by atoms with van der Waals surface area (Å²) >= 11 is 0. The van der Waals surface area contributed by atoms with E-state index in [-0.39, 0.29) is 18.4 Å². The molecule has 0 aliphatic carbocycles. The average molecular weight is 254 g/mol. The van der Waals surface area contributed by atoms with E-state index in [0.717, 1.165) is 32.2 Å². The number of carbonyl (C=O) groups is 2. The maximum Gasteiger partial charge on any atom is 0.242 e. The molecule has 0 atom stereocenters. The fourth-order valence-corrected chi connectivity index (χ4v) is 2.46. The van der Waals surface area contributed by atoms with Crippen molar-refractivity contribution in [3.63, 3.8) is 0 Å². The fourth-order valence-electron chi connectivity index (χ4n) is 2.46. The summed E-state index contributed by atoms with van der Waals surface area (Å²) in [6, 6.07) is 0. The maximum absolute atomic E-state index is 12.1. The third-order valence-electron chi connectivity index (χ3n) is 3.61. The summed E-state index contributed by atoms with van der Waals surface area (Å²) in [6.07, 6.45) is 4.87. The van der Waals surface area contributed by atoms with E-state index >= 15 is 0 Å². The van der Waals surface area contributed by atoms with Crippen LogP contribution in [0.2, 0.25) is 0 Å². The molecule has 0 radical (unpaired) electrons. The van der Waals surface area contributed by atoms with E-state index in [2.05, 4.69) is 0 Å². The van der Waals surface area contributed by atoms with Crippen molar-refractivity contribution in [3.8, 4) is 0 Å². The predicted molar refractivity (Wildman–Crippen MR) is 67.1 cm³/mol. The van der Waals surface area contributed by atoms with Crippen LogP contribution in [0, 0.1) is 0 Å². The van der Waals surface area contributed by atoms with Crippen molar-refractivity contribution in [2.24, 2.45) is 0 Å². The van der Waals surface area contributed by atoms with Crippen LogP contribution >= 0.6 is 0 Å². The first-order chi connectivity index (χ1) is 8.77. The third-order valence-corrected chi connectivity index (χ3v) is 3.61. The van der Waals surface area contributed by atoms with Gasteiger partial charge in [0.25, 0.3) is 0 Å². The van der Waals surface area contributed by atoms with Gasteiger partial charge >= 0.3 is 0 Å². The van der Waals surface area contributed by atoms with Gasteiger partial charge in [-0.3, -0.25) is 9.59 Å². The summed E-state index contributed by atoms with van der Waals surface area (Å²) in [5.41, 5.74) is 0. The molecule has 0 aromatic rings. The first-order valence-electron chi connectivity index (χ1n) is 6.90. The molecule has 0 aromatic carbocycles. The summed E-state index contributed by atoms with van der Waals surface area (Å²) in [4.78, 5) is 27.5. The Morgan fingerprint density at radius 3 is 2.56 bits per heavy atom. The molecular formula is C13H22N2O3. The van der Waals surface area contributed by atoms with Crippen molar-refractivity contribution in [2.45, 2.75) is 32.1 Å². The van der Waals surface area contributed by atoms with Crippen molar-refractivity contribution in [3.05, 3.63) is 0 Å². The second-order valence-electron chi connectivity index (χ2n) is 4.97. The molecule has 0 bridgehead atoms. The lowest BCUT2D eigenvalue weighted by molar-refractivity contribution is -0.143. The lowest BCUT2D eigenvalue weighted by atomic mass is 10.1. The Labute approximate surface area is 108 Å². The smallest absolute Gasteiger partial charge is 0.242 e. The quantitative estimate of drug-likeness (QED) is 0.726. The van der Waals surface area contributed by atoms with Gasteiger partial charge in [-0.05, 0) is 12.8 Å². The minimum atomic E-state index is 0.0622. The highest BCUT2D eigenvalue weighted by Gasteiger charge is 2.22. The molecule has 0 N–H and O–H groups in total. The molecular weight excluding hydrogens is 232 g/mol. The van der Waals surface area contributed by atoms with Crippen molar-refractivity contribution in [2.75, 3.05) is 39.4 Å². The predicted octanol–water partition coefficient (Wildman–Crippen LogP) is 0.638. The van der Waals surface area contributed by atoms with Crippen LogP contribution in [0.5, 0.6) is 0 Å². The number of hydrogen-bond acceptors (Lipinski definition) is 3. The number of carbonyl (C=O) groups excluding carboxylic acids is 2. The zero-order valence-corrected chi connectivity index (χ0v) is 10.9. The zero-order valence-electron chi connectivity index (χ0n) is 10.9. The standard InChI is InChI=1S/C13H22N2O3/c16-12-5-3-1-2-4-6-15(12)11-13(17)14-7-9-18-10-8-14/h1-11H2. The summed E-state index contributed by atoms with van der Waals surface area (Å²) in [6.45, 7) is 3.51. The monoisotopic (exact) mass is 254 g/mol. The van der Waals surface area contributed by atoms with Crippen LogP contribution in [0.15, 0.2) is 0 Å². The Kier molecular flexibility index (Phi) is 4.99. The Morgan fingerprint density at radius 1 is 1.06 bits per heavy atom. The molecule has 5 nitrogen and oxygen atoms in total. The summed E-state index contributed by atoms with van der Waals surface area (Å²) in [5, 5.41) is 0. The van der Waals surface area contributed by atoms with Gasteiger partial charge in [0, 0.05) is 26.1 Å². The molecule has 2 heterocycles. The van der Waals surface area contributed by atoms with Crippen LogP contribution in [0.3, 0.4) is 0 Å². The van der Waals surface area contributed by atoms with Crippen LogP contribution in [0.1, 0.15) is 32.1 Å².